The van der Waals surface area contributed by atoms with E-state index in [1.165, 1.54) is 24.7 Å². The van der Waals surface area contributed by atoms with E-state index in [2.05, 4.69) is 34.6 Å². The van der Waals surface area contributed by atoms with Crippen LogP contribution >= 0.6 is 0 Å². The Bertz CT molecular complexity index is 2460. The number of nitrogen functional groups attached to an aromatic ring is 2. The SMILES string of the molecule is CCNS(=O)(=O)c1ccccc1-c1ccc(-c2cnc(N)nc2)nc1.Nc1ncc(-c2ccc(-c3ccccc3S(=O)(=O)N3CCC(F)(F)C3)cn2)cn1. The zero-order valence-electron chi connectivity index (χ0n) is 28.7. The topological polar surface area (TPSA) is 213 Å². The maximum Gasteiger partial charge on any atom is 0.262 e. The highest BCUT2D eigenvalue weighted by atomic mass is 32.2. The number of nitrogens with one attached hydrogen (secondary N) is 1. The standard InChI is InChI=1S/C19H17F2N5O2S.C17H17N5O2S/c20-19(21)7-8-26(12-19)29(27,28)17-4-2-1-3-15(17)13-5-6-16(23-9-13)14-10-24-18(22)25-11-14;1-2-22-25(23,24)16-6-4-3-5-14(16)12-7-8-15(19-9-12)13-10-20-17(18)21-11-13/h1-6,9-11H,7-8,12H2,(H2,22,24,25);3-11,22H,2H2,1H3,(H2,18,20,21). The van der Waals surface area contributed by atoms with Crippen LogP contribution in [0.4, 0.5) is 20.7 Å². The van der Waals surface area contributed by atoms with Crippen molar-refractivity contribution in [2.75, 3.05) is 31.1 Å². The Labute approximate surface area is 310 Å². The van der Waals surface area contributed by atoms with Crippen LogP contribution in [-0.4, -0.2) is 76.6 Å². The summed E-state index contributed by atoms with van der Waals surface area (Å²) >= 11 is 0. The molecule has 4 aromatic heterocycles. The van der Waals surface area contributed by atoms with E-state index in [9.17, 15) is 25.6 Å². The number of halogens is 2. The molecule has 0 amide bonds. The van der Waals surface area contributed by atoms with Crippen molar-refractivity contribution in [2.45, 2.75) is 29.1 Å². The molecule has 278 valence electrons. The van der Waals surface area contributed by atoms with Gasteiger partial charge < -0.3 is 11.5 Å². The number of aromatic nitrogens is 6. The molecule has 54 heavy (non-hydrogen) atoms. The zero-order valence-corrected chi connectivity index (χ0v) is 30.3. The molecule has 5 N–H and O–H groups in total. The molecule has 0 unspecified atom stereocenters. The summed E-state index contributed by atoms with van der Waals surface area (Å²) in [6.45, 7) is 1.05. The highest BCUT2D eigenvalue weighted by Gasteiger charge is 2.44. The Balaban J connectivity index is 0.000000186. The molecule has 0 saturated carbocycles. The van der Waals surface area contributed by atoms with Crippen LogP contribution in [0.2, 0.25) is 0 Å². The molecule has 1 saturated heterocycles. The van der Waals surface area contributed by atoms with Crippen molar-refractivity contribution in [3.8, 4) is 44.8 Å². The molecule has 6 aromatic rings. The van der Waals surface area contributed by atoms with Crippen molar-refractivity contribution < 1.29 is 25.6 Å². The lowest BCUT2D eigenvalue weighted by Crippen LogP contribution is -2.31. The number of anilines is 2. The highest BCUT2D eigenvalue weighted by Crippen LogP contribution is 2.35. The van der Waals surface area contributed by atoms with E-state index in [1.807, 2.05) is 6.07 Å². The monoisotopic (exact) mass is 772 g/mol. The molecule has 1 aliphatic heterocycles. The molecule has 7 rings (SSSR count). The number of alkyl halides is 2. The minimum atomic E-state index is -4.06. The van der Waals surface area contributed by atoms with Crippen molar-refractivity contribution in [3.05, 3.63) is 110 Å². The largest absolute Gasteiger partial charge is 0.368 e. The molecular weight excluding hydrogens is 739 g/mol. The van der Waals surface area contributed by atoms with Crippen LogP contribution in [0.1, 0.15) is 13.3 Å². The number of pyridine rings is 2. The van der Waals surface area contributed by atoms with E-state index in [-0.39, 0.29) is 28.2 Å². The first-order valence-corrected chi connectivity index (χ1v) is 19.3. The minimum absolute atomic E-state index is 0.0249. The van der Waals surface area contributed by atoms with Crippen molar-refractivity contribution in [1.82, 2.24) is 38.9 Å². The molecule has 5 heterocycles. The van der Waals surface area contributed by atoms with Crippen LogP contribution in [-0.2, 0) is 20.0 Å². The fraction of sp³-hybridized carbons (Fsp3) is 0.167. The smallest absolute Gasteiger partial charge is 0.262 e. The lowest BCUT2D eigenvalue weighted by molar-refractivity contribution is 0.0183. The maximum atomic E-state index is 13.6. The third kappa shape index (κ3) is 8.52. The van der Waals surface area contributed by atoms with E-state index >= 15 is 0 Å². The Morgan fingerprint density at radius 3 is 1.52 bits per heavy atom. The molecule has 0 bridgehead atoms. The number of sulfonamides is 2. The van der Waals surface area contributed by atoms with Crippen LogP contribution in [0.15, 0.2) is 120 Å². The first kappa shape index (κ1) is 37.9. The fourth-order valence-corrected chi connectivity index (χ4v) is 8.53. The number of rotatable bonds is 9. The first-order valence-electron chi connectivity index (χ1n) is 16.4. The Morgan fingerprint density at radius 2 is 1.09 bits per heavy atom. The van der Waals surface area contributed by atoms with E-state index in [4.69, 9.17) is 11.5 Å². The summed E-state index contributed by atoms with van der Waals surface area (Å²) < 4.78 is 81.2. The average molecular weight is 773 g/mol. The van der Waals surface area contributed by atoms with Crippen molar-refractivity contribution in [1.29, 1.82) is 0 Å². The summed E-state index contributed by atoms with van der Waals surface area (Å²) in [6, 6.07) is 20.2. The van der Waals surface area contributed by atoms with Crippen molar-refractivity contribution in [2.24, 2.45) is 0 Å². The Morgan fingerprint density at radius 1 is 0.648 bits per heavy atom. The normalized spacial score (nSPS) is 14.3. The molecule has 18 heteroatoms. The van der Waals surface area contributed by atoms with Gasteiger partial charge in [-0.1, -0.05) is 55.5 Å². The average Bonchev–Trinajstić information content (AvgIpc) is 3.56. The molecule has 1 fully saturated rings. The summed E-state index contributed by atoms with van der Waals surface area (Å²) in [4.78, 5) is 24.7. The minimum Gasteiger partial charge on any atom is -0.368 e. The van der Waals surface area contributed by atoms with Gasteiger partial charge in [0.05, 0.1) is 27.7 Å². The first-order chi connectivity index (χ1) is 25.8. The van der Waals surface area contributed by atoms with E-state index in [0.29, 0.717) is 45.7 Å². The fourth-order valence-electron chi connectivity index (χ4n) is 5.57. The van der Waals surface area contributed by atoms with Gasteiger partial charge in [0.15, 0.2) is 0 Å². The number of nitrogens with two attached hydrogens (primary N) is 2. The van der Waals surface area contributed by atoms with Gasteiger partial charge in [-0.15, -0.1) is 0 Å². The lowest BCUT2D eigenvalue weighted by Gasteiger charge is -2.18. The molecule has 0 spiro atoms. The number of hydrogen-bond donors (Lipinski definition) is 3. The Hall–Kier alpha value is -5.82. The van der Waals surface area contributed by atoms with Gasteiger partial charge in [-0.05, 0) is 24.3 Å². The predicted octanol–water partition coefficient (Wildman–Crippen LogP) is 4.90. The number of benzene rings is 2. The van der Waals surface area contributed by atoms with Crippen molar-refractivity contribution >= 4 is 31.9 Å². The summed E-state index contributed by atoms with van der Waals surface area (Å²) in [5, 5.41) is 0. The van der Waals surface area contributed by atoms with Crippen LogP contribution in [0.5, 0.6) is 0 Å². The van der Waals surface area contributed by atoms with Crippen molar-refractivity contribution in [3.63, 3.8) is 0 Å². The zero-order chi connectivity index (χ0) is 38.5. The molecular formula is C36H34F2N10O4S2. The second kappa shape index (κ2) is 15.7. The number of nitrogens with zero attached hydrogens (tertiary/aromatic N) is 7. The molecule has 2 aromatic carbocycles. The summed E-state index contributed by atoms with van der Waals surface area (Å²) in [5.74, 6) is -2.66. The molecule has 0 atom stereocenters. The van der Waals surface area contributed by atoms with Gasteiger partial charge in [-0.2, -0.15) is 4.31 Å². The van der Waals surface area contributed by atoms with E-state index in [1.54, 1.807) is 86.2 Å². The van der Waals surface area contributed by atoms with Crippen LogP contribution in [0.25, 0.3) is 44.8 Å². The second-order valence-electron chi connectivity index (χ2n) is 12.0. The van der Waals surface area contributed by atoms with Crippen LogP contribution in [0, 0.1) is 0 Å². The molecule has 14 nitrogen and oxygen atoms in total. The van der Waals surface area contributed by atoms with Crippen LogP contribution in [0.3, 0.4) is 0 Å². The van der Waals surface area contributed by atoms with Gasteiger partial charge in [0.25, 0.3) is 5.92 Å². The third-order valence-electron chi connectivity index (χ3n) is 8.23. The van der Waals surface area contributed by atoms with E-state index in [0.717, 1.165) is 9.87 Å². The highest BCUT2D eigenvalue weighted by molar-refractivity contribution is 7.89. The van der Waals surface area contributed by atoms with Gasteiger partial charge in [0.2, 0.25) is 31.9 Å². The summed E-state index contributed by atoms with van der Waals surface area (Å²) in [7, 11) is -7.63. The summed E-state index contributed by atoms with van der Waals surface area (Å²) in [5.41, 5.74) is 15.9. The van der Waals surface area contributed by atoms with Gasteiger partial charge in [0.1, 0.15) is 0 Å². The van der Waals surface area contributed by atoms with Gasteiger partial charge >= 0.3 is 0 Å². The molecule has 0 radical (unpaired) electrons. The summed E-state index contributed by atoms with van der Waals surface area (Å²) in [6.07, 6.45) is 8.94. The number of hydrogen-bond acceptors (Lipinski definition) is 12. The quantitative estimate of drug-likeness (QED) is 0.179. The van der Waals surface area contributed by atoms with Gasteiger partial charge in [-0.3, -0.25) is 9.97 Å². The second-order valence-corrected chi connectivity index (χ2v) is 15.6. The molecule has 0 aliphatic carbocycles. The van der Waals surface area contributed by atoms with Crippen LogP contribution < -0.4 is 16.2 Å². The van der Waals surface area contributed by atoms with Gasteiger partial charge in [-0.25, -0.2) is 50.3 Å². The maximum absolute atomic E-state index is 13.6. The lowest BCUT2D eigenvalue weighted by atomic mass is 10.1. The molecule has 1 aliphatic rings. The van der Waals surface area contributed by atoms with E-state index < -0.39 is 38.9 Å². The van der Waals surface area contributed by atoms with Gasteiger partial charge in [0, 0.05) is 90.1 Å². The predicted molar refractivity (Wildman–Crippen MR) is 199 cm³/mol. The Kier molecular flexibility index (Phi) is 11.0. The third-order valence-corrected chi connectivity index (χ3v) is 11.7.